The Labute approximate surface area is 147 Å². The van der Waals surface area contributed by atoms with Gasteiger partial charge in [-0.2, -0.15) is 4.37 Å². The van der Waals surface area contributed by atoms with Crippen LogP contribution in [0.1, 0.15) is 36.0 Å². The van der Waals surface area contributed by atoms with Crippen LogP contribution < -0.4 is 5.56 Å². The Morgan fingerprint density at radius 1 is 1.22 bits per heavy atom. The smallest absolute Gasteiger partial charge is 0.263 e. The van der Waals surface area contributed by atoms with Gasteiger partial charge in [-0.05, 0) is 56.0 Å². The zero-order valence-electron chi connectivity index (χ0n) is 13.5. The van der Waals surface area contributed by atoms with Crippen LogP contribution in [-0.2, 0) is 6.54 Å². The highest BCUT2D eigenvalue weighted by molar-refractivity contribution is 8.00. The maximum Gasteiger partial charge on any atom is 0.263 e. The highest BCUT2D eigenvalue weighted by Crippen LogP contribution is 2.31. The number of rotatable bonds is 5. The summed E-state index contributed by atoms with van der Waals surface area (Å²) in [6.45, 7) is 8.72. The van der Waals surface area contributed by atoms with Gasteiger partial charge in [0.05, 0.1) is 5.39 Å². The maximum absolute atomic E-state index is 13.0. The van der Waals surface area contributed by atoms with Gasteiger partial charge in [-0.3, -0.25) is 9.36 Å². The van der Waals surface area contributed by atoms with Gasteiger partial charge in [0.15, 0.2) is 9.50 Å². The third kappa shape index (κ3) is 3.20. The Morgan fingerprint density at radius 3 is 2.65 bits per heavy atom. The van der Waals surface area contributed by atoms with E-state index in [1.807, 2.05) is 20.8 Å². The van der Waals surface area contributed by atoms with Crippen molar-refractivity contribution < 1.29 is 0 Å². The average Bonchev–Trinajstić information content (AvgIpc) is 3.03. The fourth-order valence-corrected chi connectivity index (χ4v) is 5.04. The normalized spacial score (nSPS) is 11.5. The zero-order chi connectivity index (χ0) is 16.6. The van der Waals surface area contributed by atoms with E-state index in [1.54, 1.807) is 15.9 Å². The minimum absolute atomic E-state index is 0.0639. The quantitative estimate of drug-likeness (QED) is 0.634. The van der Waals surface area contributed by atoms with Crippen LogP contribution in [0, 0.1) is 20.8 Å². The molecule has 0 radical (unpaired) electrons. The van der Waals surface area contributed by atoms with Gasteiger partial charge in [0.2, 0.25) is 0 Å². The fourth-order valence-electron chi connectivity index (χ4n) is 2.30. The summed E-state index contributed by atoms with van der Waals surface area (Å²) in [5.74, 6) is 0.754. The Bertz CT molecular complexity index is 909. The Kier molecular flexibility index (Phi) is 4.84. The Morgan fingerprint density at radius 2 is 2.00 bits per heavy atom. The fraction of sp³-hybridized carbons (Fsp3) is 0.467. The van der Waals surface area contributed by atoms with E-state index in [0.717, 1.165) is 43.7 Å². The molecule has 3 heterocycles. The molecule has 0 N–H and O–H groups in total. The number of nitrogens with zero attached hydrogens (tertiary/aromatic N) is 4. The average molecular weight is 367 g/mol. The van der Waals surface area contributed by atoms with Gasteiger partial charge < -0.3 is 0 Å². The molecule has 23 heavy (non-hydrogen) atoms. The number of hydrogen-bond acceptors (Lipinski definition) is 7. The molecule has 122 valence electrons. The number of hydrogen-bond donors (Lipinski definition) is 0. The number of thiophene rings is 1. The first kappa shape index (κ1) is 16.6. The van der Waals surface area contributed by atoms with Crippen LogP contribution in [0.2, 0.25) is 0 Å². The van der Waals surface area contributed by atoms with E-state index in [2.05, 4.69) is 16.3 Å². The summed E-state index contributed by atoms with van der Waals surface area (Å²) in [4.78, 5) is 24.1. The highest BCUT2D eigenvalue weighted by atomic mass is 32.2. The minimum atomic E-state index is 0.0639. The molecular formula is C15H18N4OS3. The molecule has 8 heteroatoms. The van der Waals surface area contributed by atoms with Crippen molar-refractivity contribution in [2.24, 2.45) is 0 Å². The van der Waals surface area contributed by atoms with E-state index in [4.69, 9.17) is 4.98 Å². The van der Waals surface area contributed by atoms with Gasteiger partial charge in [-0.1, -0.05) is 13.3 Å². The second-order valence-corrected chi connectivity index (χ2v) is 8.55. The summed E-state index contributed by atoms with van der Waals surface area (Å²) in [7, 11) is 0. The molecule has 3 aromatic rings. The zero-order valence-corrected chi connectivity index (χ0v) is 16.0. The second-order valence-electron chi connectivity index (χ2n) is 5.38. The summed E-state index contributed by atoms with van der Waals surface area (Å²) in [5.41, 5.74) is 1.12. The van der Waals surface area contributed by atoms with E-state index in [-0.39, 0.29) is 5.56 Å². The topological polar surface area (TPSA) is 60.7 Å². The lowest BCUT2D eigenvalue weighted by Gasteiger charge is -2.10. The van der Waals surface area contributed by atoms with Gasteiger partial charge in [0.25, 0.3) is 5.56 Å². The van der Waals surface area contributed by atoms with Crippen LogP contribution in [0.4, 0.5) is 0 Å². The third-order valence-electron chi connectivity index (χ3n) is 3.68. The van der Waals surface area contributed by atoms with Crippen molar-refractivity contribution in [3.63, 3.8) is 0 Å². The van der Waals surface area contributed by atoms with Crippen LogP contribution in [0.3, 0.4) is 0 Å². The maximum atomic E-state index is 13.0. The molecular weight excluding hydrogens is 348 g/mol. The van der Waals surface area contributed by atoms with E-state index in [9.17, 15) is 4.79 Å². The van der Waals surface area contributed by atoms with Crippen molar-refractivity contribution in [3.8, 4) is 0 Å². The molecule has 5 nitrogen and oxygen atoms in total. The number of unbranched alkanes of at least 4 members (excludes halogenated alkanes) is 1. The molecule has 0 aliphatic heterocycles. The molecule has 0 saturated carbocycles. The Balaban J connectivity index is 2.15. The van der Waals surface area contributed by atoms with Gasteiger partial charge in [0, 0.05) is 11.4 Å². The molecule has 0 unspecified atom stereocenters. The summed E-state index contributed by atoms with van der Waals surface area (Å²) >= 11 is 4.36. The summed E-state index contributed by atoms with van der Waals surface area (Å²) in [6.07, 6.45) is 1.99. The van der Waals surface area contributed by atoms with Crippen LogP contribution in [0.25, 0.3) is 10.2 Å². The van der Waals surface area contributed by atoms with E-state index < -0.39 is 0 Å². The second kappa shape index (κ2) is 6.70. The monoisotopic (exact) mass is 366 g/mol. The van der Waals surface area contributed by atoms with E-state index >= 15 is 0 Å². The number of fused-ring (bicyclic) bond motifs is 1. The van der Waals surface area contributed by atoms with Gasteiger partial charge in [-0.15, -0.1) is 11.3 Å². The minimum Gasteiger partial charge on any atom is -0.287 e. The predicted molar refractivity (Wildman–Crippen MR) is 97.0 cm³/mol. The predicted octanol–water partition coefficient (Wildman–Crippen LogP) is 4.19. The largest absolute Gasteiger partial charge is 0.287 e. The van der Waals surface area contributed by atoms with Crippen LogP contribution >= 0.6 is 34.6 Å². The molecule has 0 aliphatic rings. The third-order valence-corrected chi connectivity index (χ3v) is 6.61. The molecule has 0 fully saturated rings. The summed E-state index contributed by atoms with van der Waals surface area (Å²) in [5, 5.41) is 1.48. The molecule has 0 atom stereocenters. The molecule has 0 bridgehead atoms. The molecule has 3 rings (SSSR count). The molecule has 3 aromatic heterocycles. The van der Waals surface area contributed by atoms with Crippen LogP contribution in [-0.4, -0.2) is 18.9 Å². The highest BCUT2D eigenvalue weighted by Gasteiger charge is 2.18. The first-order valence-electron chi connectivity index (χ1n) is 7.50. The van der Waals surface area contributed by atoms with Gasteiger partial charge in [-0.25, -0.2) is 9.97 Å². The standard InChI is InChI=1S/C15H18N4OS3/c1-5-6-7-19-13(20)11-8(2)9(3)21-12(11)17-14(19)22-15-16-10(4)18-23-15/h5-7H2,1-4H3. The van der Waals surface area contributed by atoms with E-state index in [1.165, 1.54) is 23.3 Å². The molecule has 0 amide bonds. The first-order valence-corrected chi connectivity index (χ1v) is 9.90. The van der Waals surface area contributed by atoms with Gasteiger partial charge in [0.1, 0.15) is 10.7 Å². The summed E-state index contributed by atoms with van der Waals surface area (Å²) in [6, 6.07) is 0. The number of aromatic nitrogens is 4. The van der Waals surface area contributed by atoms with Crippen molar-refractivity contribution in [2.75, 3.05) is 0 Å². The van der Waals surface area contributed by atoms with Crippen molar-refractivity contribution >= 4 is 44.8 Å². The lowest BCUT2D eigenvalue weighted by Crippen LogP contribution is -2.23. The van der Waals surface area contributed by atoms with Crippen molar-refractivity contribution in [2.45, 2.75) is 56.6 Å². The van der Waals surface area contributed by atoms with Crippen molar-refractivity contribution in [3.05, 3.63) is 26.6 Å². The first-order chi connectivity index (χ1) is 11.0. The van der Waals surface area contributed by atoms with Crippen molar-refractivity contribution in [1.82, 2.24) is 18.9 Å². The van der Waals surface area contributed by atoms with E-state index in [0.29, 0.717) is 11.7 Å². The molecule has 0 aromatic carbocycles. The van der Waals surface area contributed by atoms with Crippen molar-refractivity contribution in [1.29, 1.82) is 0 Å². The SMILES string of the molecule is CCCCn1c(Sc2nc(C)ns2)nc2sc(C)c(C)c2c1=O. The Hall–Kier alpha value is -1.25. The lowest BCUT2D eigenvalue weighted by molar-refractivity contribution is 0.558. The lowest BCUT2D eigenvalue weighted by atomic mass is 10.2. The summed E-state index contributed by atoms with van der Waals surface area (Å²) < 4.78 is 6.83. The number of aryl methyl sites for hydroxylation is 3. The molecule has 0 spiro atoms. The van der Waals surface area contributed by atoms with Crippen LogP contribution in [0.15, 0.2) is 14.3 Å². The molecule has 0 saturated heterocycles. The van der Waals surface area contributed by atoms with Gasteiger partial charge >= 0.3 is 0 Å². The molecule has 0 aliphatic carbocycles. The van der Waals surface area contributed by atoms with Crippen LogP contribution in [0.5, 0.6) is 0 Å².